The zero-order valence-electron chi connectivity index (χ0n) is 15.2. The summed E-state index contributed by atoms with van der Waals surface area (Å²) in [4.78, 5) is 16.4. The Hall–Kier alpha value is -2.31. The van der Waals surface area contributed by atoms with E-state index in [2.05, 4.69) is 4.90 Å². The largest absolute Gasteiger partial charge is 0.497 e. The van der Waals surface area contributed by atoms with E-state index < -0.39 is 5.82 Å². The topological polar surface area (TPSA) is 42.0 Å². The number of methoxy groups -OCH3 is 1. The van der Waals surface area contributed by atoms with E-state index in [1.54, 1.807) is 12.0 Å². The summed E-state index contributed by atoms with van der Waals surface area (Å²) in [5.74, 6) is 0.645. The van der Waals surface area contributed by atoms with Crippen molar-refractivity contribution in [1.29, 1.82) is 0 Å². The van der Waals surface area contributed by atoms with Gasteiger partial charge in [0.1, 0.15) is 23.9 Å². The van der Waals surface area contributed by atoms with Gasteiger partial charge >= 0.3 is 0 Å². The molecule has 0 radical (unpaired) electrons. The van der Waals surface area contributed by atoms with Crippen molar-refractivity contribution in [2.45, 2.75) is 0 Å². The van der Waals surface area contributed by atoms with Gasteiger partial charge in [-0.25, -0.2) is 4.39 Å². The number of hydrogen-bond donors (Lipinski definition) is 0. The molecule has 1 heterocycles. The highest BCUT2D eigenvalue weighted by molar-refractivity contribution is 6.33. The van der Waals surface area contributed by atoms with Crippen molar-refractivity contribution in [3.63, 3.8) is 0 Å². The standard InChI is InChI=1S/C20H22ClFN2O3/c1-26-15-5-7-16(8-6-15)27-14-13-23-9-11-24(12-10-23)20(25)19-17(21)3-2-4-18(19)22/h2-8H,9-14H2,1H3. The number of halogens is 2. The fourth-order valence-electron chi connectivity index (χ4n) is 3.00. The SMILES string of the molecule is COc1ccc(OCCN2CCN(C(=O)c3c(F)cccc3Cl)CC2)cc1. The third kappa shape index (κ3) is 4.90. The predicted octanol–water partition coefficient (Wildman–Crippen LogP) is 3.32. The molecule has 0 N–H and O–H groups in total. The van der Waals surface area contributed by atoms with Crippen LogP contribution in [0.1, 0.15) is 10.4 Å². The molecule has 7 heteroatoms. The molecular formula is C20H22ClFN2O3. The molecule has 0 unspecified atom stereocenters. The molecule has 0 aliphatic carbocycles. The van der Waals surface area contributed by atoms with Crippen LogP contribution in [0.2, 0.25) is 5.02 Å². The first kappa shape index (κ1) is 19.5. The predicted molar refractivity (Wildman–Crippen MR) is 102 cm³/mol. The Bertz CT molecular complexity index is 757. The van der Waals surface area contributed by atoms with Crippen LogP contribution in [0.4, 0.5) is 4.39 Å². The summed E-state index contributed by atoms with van der Waals surface area (Å²) in [6.45, 7) is 3.81. The number of amides is 1. The first-order valence-electron chi connectivity index (χ1n) is 8.81. The van der Waals surface area contributed by atoms with E-state index in [-0.39, 0.29) is 16.5 Å². The van der Waals surface area contributed by atoms with Crippen LogP contribution in [0.5, 0.6) is 11.5 Å². The number of carbonyl (C=O) groups excluding carboxylic acids is 1. The van der Waals surface area contributed by atoms with Crippen LogP contribution in [0, 0.1) is 5.82 Å². The second-order valence-electron chi connectivity index (χ2n) is 6.25. The highest BCUT2D eigenvalue weighted by Gasteiger charge is 2.25. The zero-order valence-corrected chi connectivity index (χ0v) is 15.9. The summed E-state index contributed by atoms with van der Waals surface area (Å²) in [5.41, 5.74) is -0.0459. The van der Waals surface area contributed by atoms with Crippen LogP contribution >= 0.6 is 11.6 Å². The fourth-order valence-corrected chi connectivity index (χ4v) is 3.24. The third-order valence-corrected chi connectivity index (χ3v) is 4.89. The molecule has 2 aromatic carbocycles. The summed E-state index contributed by atoms with van der Waals surface area (Å²) < 4.78 is 24.8. The van der Waals surface area contributed by atoms with Crippen molar-refractivity contribution in [3.05, 3.63) is 58.9 Å². The normalized spacial score (nSPS) is 14.9. The van der Waals surface area contributed by atoms with Crippen LogP contribution in [0.15, 0.2) is 42.5 Å². The number of nitrogens with zero attached hydrogens (tertiary/aromatic N) is 2. The molecule has 1 amide bonds. The van der Waals surface area contributed by atoms with E-state index in [4.69, 9.17) is 21.1 Å². The molecular weight excluding hydrogens is 371 g/mol. The lowest BCUT2D eigenvalue weighted by Gasteiger charge is -2.34. The van der Waals surface area contributed by atoms with Crippen LogP contribution in [0.25, 0.3) is 0 Å². The van der Waals surface area contributed by atoms with Crippen molar-refractivity contribution in [2.24, 2.45) is 0 Å². The lowest BCUT2D eigenvalue weighted by Crippen LogP contribution is -2.49. The molecule has 27 heavy (non-hydrogen) atoms. The van der Waals surface area contributed by atoms with E-state index in [0.717, 1.165) is 18.0 Å². The van der Waals surface area contributed by atoms with E-state index in [1.807, 2.05) is 24.3 Å². The van der Waals surface area contributed by atoms with Crippen molar-refractivity contribution in [2.75, 3.05) is 46.4 Å². The average molecular weight is 393 g/mol. The number of carbonyl (C=O) groups is 1. The quantitative estimate of drug-likeness (QED) is 0.756. The van der Waals surface area contributed by atoms with Gasteiger partial charge in [-0.15, -0.1) is 0 Å². The molecule has 0 spiro atoms. The molecule has 1 aliphatic rings. The summed E-state index contributed by atoms with van der Waals surface area (Å²) in [6.07, 6.45) is 0. The molecule has 5 nitrogen and oxygen atoms in total. The van der Waals surface area contributed by atoms with Gasteiger partial charge in [-0.1, -0.05) is 17.7 Å². The monoisotopic (exact) mass is 392 g/mol. The van der Waals surface area contributed by atoms with Crippen LogP contribution in [-0.4, -0.2) is 62.1 Å². The average Bonchev–Trinajstić information content (AvgIpc) is 2.69. The van der Waals surface area contributed by atoms with Crippen molar-refractivity contribution < 1.29 is 18.7 Å². The molecule has 144 valence electrons. The summed E-state index contributed by atoms with van der Waals surface area (Å²) in [5, 5.41) is 0.148. The Morgan fingerprint density at radius 2 is 1.74 bits per heavy atom. The summed E-state index contributed by atoms with van der Waals surface area (Å²) in [7, 11) is 1.63. The summed E-state index contributed by atoms with van der Waals surface area (Å²) in [6, 6.07) is 11.7. The van der Waals surface area contributed by atoms with Gasteiger partial charge in [-0.3, -0.25) is 9.69 Å². The second-order valence-corrected chi connectivity index (χ2v) is 6.66. The van der Waals surface area contributed by atoms with Crippen LogP contribution < -0.4 is 9.47 Å². The summed E-state index contributed by atoms with van der Waals surface area (Å²) >= 11 is 6.00. The van der Waals surface area contributed by atoms with Crippen LogP contribution in [-0.2, 0) is 0 Å². The Kier molecular flexibility index (Phi) is 6.53. The second kappa shape index (κ2) is 9.06. The highest BCUT2D eigenvalue weighted by atomic mass is 35.5. The van der Waals surface area contributed by atoms with Gasteiger partial charge < -0.3 is 14.4 Å². The number of rotatable bonds is 6. The van der Waals surface area contributed by atoms with Crippen LogP contribution in [0.3, 0.4) is 0 Å². The minimum Gasteiger partial charge on any atom is -0.497 e. The van der Waals surface area contributed by atoms with Gasteiger partial charge in [0.2, 0.25) is 0 Å². The molecule has 0 aromatic heterocycles. The van der Waals surface area contributed by atoms with Gasteiger partial charge in [0.15, 0.2) is 0 Å². The Labute approximate surface area is 163 Å². The van der Waals surface area contributed by atoms with Crippen molar-refractivity contribution in [3.8, 4) is 11.5 Å². The van der Waals surface area contributed by atoms with E-state index in [1.165, 1.54) is 18.2 Å². The molecule has 2 aromatic rings. The Morgan fingerprint density at radius 3 is 2.37 bits per heavy atom. The minimum absolute atomic E-state index is 0.0459. The molecule has 0 bridgehead atoms. The Balaban J connectivity index is 1.45. The van der Waals surface area contributed by atoms with Gasteiger partial charge in [0, 0.05) is 32.7 Å². The highest BCUT2D eigenvalue weighted by Crippen LogP contribution is 2.21. The molecule has 1 saturated heterocycles. The number of piperazine rings is 1. The molecule has 1 aliphatic heterocycles. The lowest BCUT2D eigenvalue weighted by atomic mass is 10.1. The molecule has 0 saturated carbocycles. The Morgan fingerprint density at radius 1 is 1.07 bits per heavy atom. The fraction of sp³-hybridized carbons (Fsp3) is 0.350. The zero-order chi connectivity index (χ0) is 19.2. The molecule has 0 atom stereocenters. The first-order chi connectivity index (χ1) is 13.1. The van der Waals surface area contributed by atoms with Gasteiger partial charge in [0.25, 0.3) is 5.91 Å². The smallest absolute Gasteiger partial charge is 0.258 e. The maximum Gasteiger partial charge on any atom is 0.258 e. The van der Waals surface area contributed by atoms with E-state index in [0.29, 0.717) is 32.8 Å². The van der Waals surface area contributed by atoms with E-state index >= 15 is 0 Å². The third-order valence-electron chi connectivity index (χ3n) is 4.57. The maximum atomic E-state index is 13.9. The maximum absolute atomic E-state index is 13.9. The minimum atomic E-state index is -0.581. The van der Waals surface area contributed by atoms with Crippen molar-refractivity contribution >= 4 is 17.5 Å². The van der Waals surface area contributed by atoms with E-state index in [9.17, 15) is 9.18 Å². The molecule has 1 fully saturated rings. The van der Waals surface area contributed by atoms with Gasteiger partial charge in [-0.05, 0) is 36.4 Å². The van der Waals surface area contributed by atoms with Crippen molar-refractivity contribution in [1.82, 2.24) is 9.80 Å². The number of benzene rings is 2. The first-order valence-corrected chi connectivity index (χ1v) is 9.19. The lowest BCUT2D eigenvalue weighted by molar-refractivity contribution is 0.0616. The number of hydrogen-bond acceptors (Lipinski definition) is 4. The van der Waals surface area contributed by atoms with Gasteiger partial charge in [-0.2, -0.15) is 0 Å². The number of ether oxygens (including phenoxy) is 2. The van der Waals surface area contributed by atoms with Gasteiger partial charge in [0.05, 0.1) is 17.7 Å². The molecule has 3 rings (SSSR count).